The minimum atomic E-state index is -0.837. The summed E-state index contributed by atoms with van der Waals surface area (Å²) in [5, 5.41) is 10.7. The second-order valence-corrected chi connectivity index (χ2v) is 10.1. The van der Waals surface area contributed by atoms with Crippen molar-refractivity contribution < 1.29 is 14.6 Å². The average Bonchev–Trinajstić information content (AvgIpc) is 3.22. The first kappa shape index (κ1) is 26.3. The molecule has 0 bridgehead atoms. The van der Waals surface area contributed by atoms with Crippen LogP contribution in [0, 0.1) is 0 Å². The predicted octanol–water partition coefficient (Wildman–Crippen LogP) is 5.97. The summed E-state index contributed by atoms with van der Waals surface area (Å²) < 4.78 is 7.07. The number of carbonyl (C=O) groups is 1. The zero-order valence-corrected chi connectivity index (χ0v) is 21.7. The fraction of sp³-hybridized carbons (Fsp3) is 0.462. The standard InChI is InChI=1S/C26H34ClN3O3S/c1-4-5-12-30(14-15-33-22-8-6-7-20(16-22)17-25(31)32)19(2)11-13-29(3)26-28-23-10-9-21(27)18-24(23)34-26/h6-10,16,18-19H,4-5,11-15,17H2,1-3H3,(H,31,32). The first-order chi connectivity index (χ1) is 16.4. The zero-order valence-electron chi connectivity index (χ0n) is 20.2. The van der Waals surface area contributed by atoms with Gasteiger partial charge in [-0.2, -0.15) is 0 Å². The van der Waals surface area contributed by atoms with Crippen molar-refractivity contribution in [1.29, 1.82) is 0 Å². The molecule has 8 heteroatoms. The van der Waals surface area contributed by atoms with Crippen molar-refractivity contribution in [2.75, 3.05) is 38.2 Å². The smallest absolute Gasteiger partial charge is 0.307 e. The molecule has 2 aromatic carbocycles. The monoisotopic (exact) mass is 503 g/mol. The SMILES string of the molecule is CCCCN(CCOc1cccc(CC(=O)O)c1)C(C)CCN(C)c1nc2ccc(Cl)cc2s1. The first-order valence-corrected chi connectivity index (χ1v) is 13.0. The summed E-state index contributed by atoms with van der Waals surface area (Å²) >= 11 is 7.79. The highest BCUT2D eigenvalue weighted by atomic mass is 35.5. The molecule has 1 aromatic heterocycles. The molecule has 0 saturated carbocycles. The zero-order chi connectivity index (χ0) is 24.5. The number of ether oxygens (including phenoxy) is 1. The van der Waals surface area contributed by atoms with Crippen LogP contribution in [-0.2, 0) is 11.2 Å². The molecule has 3 aromatic rings. The number of fused-ring (bicyclic) bond motifs is 1. The lowest BCUT2D eigenvalue weighted by atomic mass is 10.1. The lowest BCUT2D eigenvalue weighted by Gasteiger charge is -2.30. The number of benzene rings is 2. The number of carboxylic acid groups (broad SMARTS) is 1. The van der Waals surface area contributed by atoms with Crippen LogP contribution in [0.2, 0.25) is 5.02 Å². The second-order valence-electron chi connectivity index (χ2n) is 8.62. The molecule has 34 heavy (non-hydrogen) atoms. The van der Waals surface area contributed by atoms with Crippen LogP contribution in [0.3, 0.4) is 0 Å². The van der Waals surface area contributed by atoms with Crippen molar-refractivity contribution in [3.8, 4) is 5.75 Å². The molecule has 6 nitrogen and oxygen atoms in total. The number of aliphatic carboxylic acids is 1. The molecule has 1 unspecified atom stereocenters. The van der Waals surface area contributed by atoms with Crippen LogP contribution in [0.25, 0.3) is 10.2 Å². The maximum Gasteiger partial charge on any atom is 0.307 e. The fourth-order valence-electron chi connectivity index (χ4n) is 3.82. The summed E-state index contributed by atoms with van der Waals surface area (Å²) in [5.41, 5.74) is 1.74. The highest BCUT2D eigenvalue weighted by Gasteiger charge is 2.16. The van der Waals surface area contributed by atoms with Crippen molar-refractivity contribution in [3.63, 3.8) is 0 Å². The molecule has 0 spiro atoms. The third kappa shape index (κ3) is 7.86. The molecule has 0 aliphatic carbocycles. The van der Waals surface area contributed by atoms with E-state index in [1.165, 1.54) is 0 Å². The molecule has 1 atom stereocenters. The summed E-state index contributed by atoms with van der Waals surface area (Å²) in [4.78, 5) is 20.4. The molecule has 0 amide bonds. The van der Waals surface area contributed by atoms with E-state index in [1.807, 2.05) is 42.5 Å². The van der Waals surface area contributed by atoms with Crippen LogP contribution >= 0.6 is 22.9 Å². The van der Waals surface area contributed by atoms with Gasteiger partial charge in [-0.15, -0.1) is 0 Å². The Morgan fingerprint density at radius 3 is 2.79 bits per heavy atom. The molecule has 3 rings (SSSR count). The van der Waals surface area contributed by atoms with E-state index in [0.717, 1.165) is 70.6 Å². The average molecular weight is 504 g/mol. The van der Waals surface area contributed by atoms with Crippen molar-refractivity contribution >= 4 is 44.3 Å². The van der Waals surface area contributed by atoms with E-state index >= 15 is 0 Å². The Labute approximate surface area is 211 Å². The Morgan fingerprint density at radius 2 is 2.03 bits per heavy atom. The number of halogens is 1. The fourth-order valence-corrected chi connectivity index (χ4v) is 5.05. The van der Waals surface area contributed by atoms with Crippen molar-refractivity contribution in [2.45, 2.75) is 45.6 Å². The van der Waals surface area contributed by atoms with Gasteiger partial charge in [0.25, 0.3) is 0 Å². The Bertz CT molecular complexity index is 1070. The van der Waals surface area contributed by atoms with Gasteiger partial charge in [-0.05, 0) is 62.2 Å². The largest absolute Gasteiger partial charge is 0.492 e. The van der Waals surface area contributed by atoms with Crippen LogP contribution < -0.4 is 9.64 Å². The molecule has 0 saturated heterocycles. The quantitative estimate of drug-likeness (QED) is 0.292. The summed E-state index contributed by atoms with van der Waals surface area (Å²) in [7, 11) is 2.09. The summed E-state index contributed by atoms with van der Waals surface area (Å²) in [6.07, 6.45) is 3.32. The van der Waals surface area contributed by atoms with Gasteiger partial charge in [0.15, 0.2) is 5.13 Å². The van der Waals surface area contributed by atoms with Gasteiger partial charge >= 0.3 is 5.97 Å². The molecule has 1 N–H and O–H groups in total. The Kier molecular flexibility index (Phi) is 9.99. The molecule has 0 radical (unpaired) electrons. The first-order valence-electron chi connectivity index (χ1n) is 11.8. The topological polar surface area (TPSA) is 65.9 Å². The van der Waals surface area contributed by atoms with E-state index in [9.17, 15) is 4.79 Å². The third-order valence-electron chi connectivity index (χ3n) is 5.87. The number of nitrogens with zero attached hydrogens (tertiary/aromatic N) is 3. The van der Waals surface area contributed by atoms with Crippen LogP contribution in [-0.4, -0.2) is 60.3 Å². The van der Waals surface area contributed by atoms with Crippen LogP contribution in [0.15, 0.2) is 42.5 Å². The lowest BCUT2D eigenvalue weighted by Crippen LogP contribution is -2.39. The Morgan fingerprint density at radius 1 is 1.21 bits per heavy atom. The van der Waals surface area contributed by atoms with E-state index in [2.05, 4.69) is 30.7 Å². The van der Waals surface area contributed by atoms with E-state index < -0.39 is 5.97 Å². The Hall–Kier alpha value is -2.35. The molecule has 0 fully saturated rings. The number of hydrogen-bond acceptors (Lipinski definition) is 6. The maximum absolute atomic E-state index is 11.0. The van der Waals surface area contributed by atoms with Crippen LogP contribution in [0.5, 0.6) is 5.75 Å². The molecular weight excluding hydrogens is 470 g/mol. The lowest BCUT2D eigenvalue weighted by molar-refractivity contribution is -0.136. The van der Waals surface area contributed by atoms with E-state index in [0.29, 0.717) is 12.6 Å². The van der Waals surface area contributed by atoms with Gasteiger partial charge in [0.2, 0.25) is 0 Å². The van der Waals surface area contributed by atoms with E-state index in [1.54, 1.807) is 11.3 Å². The number of hydrogen-bond donors (Lipinski definition) is 1. The highest BCUT2D eigenvalue weighted by Crippen LogP contribution is 2.30. The summed E-state index contributed by atoms with van der Waals surface area (Å²) in [6.45, 7) is 7.82. The molecule has 0 aliphatic heterocycles. The van der Waals surface area contributed by atoms with E-state index in [-0.39, 0.29) is 6.42 Å². The number of thiazole rings is 1. The maximum atomic E-state index is 11.0. The van der Waals surface area contributed by atoms with Gasteiger partial charge in [-0.3, -0.25) is 9.69 Å². The van der Waals surface area contributed by atoms with E-state index in [4.69, 9.17) is 26.4 Å². The Balaban J connectivity index is 1.52. The number of aromatic nitrogens is 1. The van der Waals surface area contributed by atoms with Gasteiger partial charge in [0.1, 0.15) is 12.4 Å². The molecule has 1 heterocycles. The summed E-state index contributed by atoms with van der Waals surface area (Å²) in [6, 6.07) is 13.6. The van der Waals surface area contributed by atoms with Gasteiger partial charge < -0.3 is 14.7 Å². The van der Waals surface area contributed by atoms with Gasteiger partial charge in [0, 0.05) is 31.2 Å². The highest BCUT2D eigenvalue weighted by molar-refractivity contribution is 7.22. The van der Waals surface area contributed by atoms with Gasteiger partial charge in [-0.25, -0.2) is 4.98 Å². The normalized spacial score (nSPS) is 12.3. The van der Waals surface area contributed by atoms with Crippen LogP contribution in [0.4, 0.5) is 5.13 Å². The number of carboxylic acids is 1. The van der Waals surface area contributed by atoms with Gasteiger partial charge in [-0.1, -0.05) is 48.4 Å². The van der Waals surface area contributed by atoms with Crippen molar-refractivity contribution in [3.05, 3.63) is 53.1 Å². The van der Waals surface area contributed by atoms with Crippen molar-refractivity contribution in [2.24, 2.45) is 0 Å². The minimum Gasteiger partial charge on any atom is -0.492 e. The molecule has 0 aliphatic rings. The number of rotatable bonds is 14. The number of unbranched alkanes of at least 4 members (excludes halogenated alkanes) is 1. The predicted molar refractivity (Wildman–Crippen MR) is 142 cm³/mol. The molecule has 184 valence electrons. The summed E-state index contributed by atoms with van der Waals surface area (Å²) in [5.74, 6) is -0.117. The van der Waals surface area contributed by atoms with Crippen molar-refractivity contribution in [1.82, 2.24) is 9.88 Å². The number of anilines is 1. The van der Waals surface area contributed by atoms with Gasteiger partial charge in [0.05, 0.1) is 16.6 Å². The van der Waals surface area contributed by atoms with Crippen LogP contribution in [0.1, 0.15) is 38.7 Å². The second kappa shape index (κ2) is 12.9. The third-order valence-corrected chi connectivity index (χ3v) is 7.24. The molecular formula is C26H34ClN3O3S. The minimum absolute atomic E-state index is 0.00603.